The van der Waals surface area contributed by atoms with E-state index in [9.17, 15) is 22.8 Å². The Morgan fingerprint density at radius 1 is 1.10 bits per heavy atom. The monoisotopic (exact) mass is 427 g/mol. The molecule has 2 aromatic carbocycles. The SMILES string of the molecule is Cc1[nH]c2c(-c3ccccc3)c(C(F)(F)F)nn2c(=O)c1C(=O)Nc1ccccc1N. The number of halogens is 3. The average molecular weight is 427 g/mol. The maximum Gasteiger partial charge on any atom is 0.435 e. The van der Waals surface area contributed by atoms with Crippen LogP contribution in [0.2, 0.25) is 0 Å². The molecule has 0 spiro atoms. The first-order chi connectivity index (χ1) is 14.7. The summed E-state index contributed by atoms with van der Waals surface area (Å²) in [5.74, 6) is -0.816. The highest BCUT2D eigenvalue weighted by Gasteiger charge is 2.39. The second kappa shape index (κ2) is 7.31. The van der Waals surface area contributed by atoms with E-state index >= 15 is 0 Å². The minimum absolute atomic E-state index is 0.0929. The predicted octanol–water partition coefficient (Wildman–Crippen LogP) is 3.85. The summed E-state index contributed by atoms with van der Waals surface area (Å²) in [6, 6.07) is 14.2. The number of anilines is 2. The Morgan fingerprint density at radius 2 is 1.74 bits per heavy atom. The van der Waals surface area contributed by atoms with E-state index in [2.05, 4.69) is 15.4 Å². The zero-order chi connectivity index (χ0) is 22.3. The van der Waals surface area contributed by atoms with Crippen molar-refractivity contribution in [1.82, 2.24) is 14.6 Å². The molecule has 10 heteroatoms. The van der Waals surface area contributed by atoms with Crippen LogP contribution < -0.4 is 16.6 Å². The van der Waals surface area contributed by atoms with Crippen molar-refractivity contribution in [2.75, 3.05) is 11.1 Å². The second-order valence-corrected chi connectivity index (χ2v) is 6.82. The van der Waals surface area contributed by atoms with Crippen molar-refractivity contribution in [3.05, 3.63) is 81.9 Å². The van der Waals surface area contributed by atoms with Crippen LogP contribution in [0, 0.1) is 6.92 Å². The van der Waals surface area contributed by atoms with Crippen molar-refractivity contribution in [1.29, 1.82) is 0 Å². The molecule has 2 heterocycles. The zero-order valence-electron chi connectivity index (χ0n) is 16.1. The number of fused-ring (bicyclic) bond motifs is 1. The summed E-state index contributed by atoms with van der Waals surface area (Å²) in [5.41, 5.74) is 3.67. The molecule has 158 valence electrons. The molecular weight excluding hydrogens is 411 g/mol. The standard InChI is InChI=1S/C21H16F3N5O2/c1-11-15(19(30)27-14-10-6-5-9-13(14)25)20(31)29-18(26-11)16(12-7-3-2-4-8-12)17(28-29)21(22,23)24/h2-10,26H,25H2,1H3,(H,27,30). The second-order valence-electron chi connectivity index (χ2n) is 6.82. The van der Waals surface area contributed by atoms with Crippen molar-refractivity contribution >= 4 is 22.9 Å². The van der Waals surface area contributed by atoms with Gasteiger partial charge in [0.15, 0.2) is 5.69 Å². The highest BCUT2D eigenvalue weighted by Crippen LogP contribution is 2.38. The molecular formula is C21H16F3N5O2. The van der Waals surface area contributed by atoms with Gasteiger partial charge in [0.05, 0.1) is 16.9 Å². The third kappa shape index (κ3) is 3.52. The topological polar surface area (TPSA) is 105 Å². The molecule has 0 saturated heterocycles. The summed E-state index contributed by atoms with van der Waals surface area (Å²) < 4.78 is 41.7. The van der Waals surface area contributed by atoms with Gasteiger partial charge in [0.1, 0.15) is 11.2 Å². The average Bonchev–Trinajstić information content (AvgIpc) is 3.10. The minimum atomic E-state index is -4.81. The lowest BCUT2D eigenvalue weighted by atomic mass is 10.1. The third-order valence-electron chi connectivity index (χ3n) is 4.74. The first kappa shape index (κ1) is 20.2. The summed E-state index contributed by atoms with van der Waals surface area (Å²) in [6.45, 7) is 1.43. The van der Waals surface area contributed by atoms with E-state index in [4.69, 9.17) is 5.73 Å². The number of carbonyl (C=O) groups excluding carboxylic acids is 1. The molecule has 7 nitrogen and oxygen atoms in total. The van der Waals surface area contributed by atoms with E-state index in [1.807, 2.05) is 0 Å². The van der Waals surface area contributed by atoms with Crippen LogP contribution >= 0.6 is 0 Å². The van der Waals surface area contributed by atoms with E-state index in [0.29, 0.717) is 4.52 Å². The maximum atomic E-state index is 13.7. The van der Waals surface area contributed by atoms with Crippen molar-refractivity contribution in [3.8, 4) is 11.1 Å². The Bertz CT molecular complexity index is 1360. The predicted molar refractivity (Wildman–Crippen MR) is 110 cm³/mol. The molecule has 4 rings (SSSR count). The Hall–Kier alpha value is -4.08. The number of hydrogen-bond acceptors (Lipinski definition) is 4. The number of carbonyl (C=O) groups is 1. The highest BCUT2D eigenvalue weighted by molar-refractivity contribution is 6.06. The molecule has 0 saturated carbocycles. The fourth-order valence-corrected chi connectivity index (χ4v) is 3.33. The van der Waals surface area contributed by atoms with Crippen LogP contribution in [0.4, 0.5) is 24.5 Å². The molecule has 4 N–H and O–H groups in total. The van der Waals surface area contributed by atoms with E-state index in [0.717, 1.165) is 0 Å². The van der Waals surface area contributed by atoms with Crippen molar-refractivity contribution < 1.29 is 18.0 Å². The molecule has 4 aromatic rings. The number of amides is 1. The number of aromatic amines is 1. The van der Waals surface area contributed by atoms with Crippen LogP contribution in [0.25, 0.3) is 16.8 Å². The quantitative estimate of drug-likeness (QED) is 0.432. The number of rotatable bonds is 3. The van der Waals surface area contributed by atoms with E-state index in [1.54, 1.807) is 42.5 Å². The number of hydrogen-bond donors (Lipinski definition) is 3. The summed E-state index contributed by atoms with van der Waals surface area (Å²) in [4.78, 5) is 28.5. The van der Waals surface area contributed by atoms with Crippen LogP contribution in [-0.4, -0.2) is 20.5 Å². The fourth-order valence-electron chi connectivity index (χ4n) is 3.33. The van der Waals surface area contributed by atoms with Gasteiger partial charge in [-0.3, -0.25) is 9.59 Å². The first-order valence-corrected chi connectivity index (χ1v) is 9.12. The summed E-state index contributed by atoms with van der Waals surface area (Å²) in [6.07, 6.45) is -4.81. The number of H-pyrrole nitrogens is 1. The van der Waals surface area contributed by atoms with E-state index in [1.165, 1.54) is 19.1 Å². The van der Waals surface area contributed by atoms with Crippen molar-refractivity contribution in [2.24, 2.45) is 0 Å². The van der Waals surface area contributed by atoms with E-state index in [-0.39, 0.29) is 39.4 Å². The number of aromatic nitrogens is 3. The fraction of sp³-hybridized carbons (Fsp3) is 0.0952. The number of nitrogens with two attached hydrogens (primary N) is 1. The summed E-state index contributed by atoms with van der Waals surface area (Å²) in [7, 11) is 0. The largest absolute Gasteiger partial charge is 0.435 e. The number of alkyl halides is 3. The molecule has 0 aliphatic carbocycles. The number of para-hydroxylation sites is 2. The lowest BCUT2D eigenvalue weighted by molar-refractivity contribution is -0.140. The highest BCUT2D eigenvalue weighted by atomic mass is 19.4. The summed E-state index contributed by atoms with van der Waals surface area (Å²) >= 11 is 0. The Labute approximate surface area is 173 Å². The Kier molecular flexibility index (Phi) is 4.77. The smallest absolute Gasteiger partial charge is 0.397 e. The molecule has 31 heavy (non-hydrogen) atoms. The Morgan fingerprint density at radius 3 is 2.39 bits per heavy atom. The number of nitrogens with zero attached hydrogens (tertiary/aromatic N) is 2. The molecule has 0 fully saturated rings. The van der Waals surface area contributed by atoms with Gasteiger partial charge in [-0.2, -0.15) is 22.8 Å². The molecule has 0 aliphatic heterocycles. The van der Waals surface area contributed by atoms with Gasteiger partial charge < -0.3 is 16.0 Å². The van der Waals surface area contributed by atoms with Crippen LogP contribution in [0.5, 0.6) is 0 Å². The zero-order valence-corrected chi connectivity index (χ0v) is 16.1. The first-order valence-electron chi connectivity index (χ1n) is 9.12. The van der Waals surface area contributed by atoms with Gasteiger partial charge in [-0.1, -0.05) is 42.5 Å². The number of benzene rings is 2. The van der Waals surface area contributed by atoms with Gasteiger partial charge in [0, 0.05) is 5.69 Å². The number of nitrogen functional groups attached to an aromatic ring is 1. The van der Waals surface area contributed by atoms with Crippen LogP contribution in [0.3, 0.4) is 0 Å². The molecule has 0 bridgehead atoms. The minimum Gasteiger partial charge on any atom is -0.397 e. The molecule has 0 unspecified atom stereocenters. The number of aryl methyl sites for hydroxylation is 1. The van der Waals surface area contributed by atoms with E-state index < -0.39 is 23.3 Å². The van der Waals surface area contributed by atoms with Crippen molar-refractivity contribution in [2.45, 2.75) is 13.1 Å². The van der Waals surface area contributed by atoms with Gasteiger partial charge in [0.2, 0.25) is 0 Å². The van der Waals surface area contributed by atoms with Crippen molar-refractivity contribution in [3.63, 3.8) is 0 Å². The van der Waals surface area contributed by atoms with Gasteiger partial charge in [-0.05, 0) is 24.6 Å². The molecule has 0 aliphatic rings. The normalized spacial score (nSPS) is 11.6. The molecule has 2 aromatic heterocycles. The van der Waals surface area contributed by atoms with Gasteiger partial charge in [-0.25, -0.2) is 0 Å². The van der Waals surface area contributed by atoms with Crippen LogP contribution in [-0.2, 0) is 6.18 Å². The van der Waals surface area contributed by atoms with Crippen LogP contribution in [0.15, 0.2) is 59.4 Å². The molecule has 0 atom stereocenters. The van der Waals surface area contributed by atoms with Gasteiger partial charge >= 0.3 is 6.18 Å². The van der Waals surface area contributed by atoms with Crippen LogP contribution in [0.1, 0.15) is 21.7 Å². The van der Waals surface area contributed by atoms with Gasteiger partial charge in [0.25, 0.3) is 11.5 Å². The lowest BCUT2D eigenvalue weighted by Crippen LogP contribution is -2.29. The Balaban J connectivity index is 1.93. The number of nitrogens with one attached hydrogen (secondary N) is 2. The molecule has 0 radical (unpaired) electrons. The lowest BCUT2D eigenvalue weighted by Gasteiger charge is -2.10. The van der Waals surface area contributed by atoms with Gasteiger partial charge in [-0.15, -0.1) is 0 Å². The maximum absolute atomic E-state index is 13.7. The third-order valence-corrected chi connectivity index (χ3v) is 4.74. The molecule has 1 amide bonds. The summed E-state index contributed by atoms with van der Waals surface area (Å²) in [5, 5.41) is 6.02.